The lowest BCUT2D eigenvalue weighted by Crippen LogP contribution is -2.34. The number of rotatable bonds is 6. The summed E-state index contributed by atoms with van der Waals surface area (Å²) in [5, 5.41) is 4.91. The Morgan fingerprint density at radius 1 is 1.30 bits per heavy atom. The topological polar surface area (TPSA) is 41.6 Å². The predicted octanol–water partition coefficient (Wildman–Crippen LogP) is 2.51. The summed E-state index contributed by atoms with van der Waals surface area (Å²) in [4.78, 5) is 15.0. The largest absolute Gasteiger partial charge is 0.495 e. The quantitative estimate of drug-likeness (QED) is 0.889. The van der Waals surface area contributed by atoms with Crippen LogP contribution in [0.5, 0.6) is 5.75 Å². The summed E-state index contributed by atoms with van der Waals surface area (Å²) in [6.45, 7) is 0.877. The van der Waals surface area contributed by atoms with Crippen LogP contribution in [0.15, 0.2) is 41.8 Å². The first-order valence-corrected chi connectivity index (χ1v) is 7.22. The number of nitrogens with one attached hydrogen (secondary N) is 1. The number of amides is 1. The highest BCUT2D eigenvalue weighted by molar-refractivity contribution is 7.09. The second-order valence-corrected chi connectivity index (χ2v) is 5.42. The first-order chi connectivity index (χ1) is 9.70. The normalized spacial score (nSPS) is 10.1. The zero-order chi connectivity index (χ0) is 14.4. The number of carbonyl (C=O) groups excluding carboxylic acids is 1. The van der Waals surface area contributed by atoms with E-state index in [-0.39, 0.29) is 5.91 Å². The number of methoxy groups -OCH3 is 1. The molecule has 0 saturated carbocycles. The Hall–Kier alpha value is -2.01. The van der Waals surface area contributed by atoms with Gasteiger partial charge in [0, 0.05) is 11.9 Å². The van der Waals surface area contributed by atoms with Crippen molar-refractivity contribution in [2.75, 3.05) is 25.6 Å². The third-order valence-corrected chi connectivity index (χ3v) is 3.79. The average molecular weight is 290 g/mol. The van der Waals surface area contributed by atoms with Crippen LogP contribution < -0.4 is 15.0 Å². The maximum absolute atomic E-state index is 11.9. The molecule has 0 aliphatic heterocycles. The highest BCUT2D eigenvalue weighted by Gasteiger charge is 2.11. The Morgan fingerprint density at radius 2 is 2.10 bits per heavy atom. The molecule has 0 aliphatic rings. The van der Waals surface area contributed by atoms with Gasteiger partial charge in [-0.2, -0.15) is 0 Å². The van der Waals surface area contributed by atoms with E-state index in [0.717, 1.165) is 16.3 Å². The monoisotopic (exact) mass is 290 g/mol. The van der Waals surface area contributed by atoms with Crippen LogP contribution in [0.3, 0.4) is 0 Å². The molecule has 1 N–H and O–H groups in total. The van der Waals surface area contributed by atoms with E-state index >= 15 is 0 Å². The number of benzene rings is 1. The standard InChI is InChI=1S/C15H18N2O2S/c1-17(13-7-3-4-8-14(13)19-2)11-15(18)16-10-12-6-5-9-20-12/h3-9H,10-11H2,1-2H3,(H,16,18). The zero-order valence-electron chi connectivity index (χ0n) is 11.6. The van der Waals surface area contributed by atoms with Gasteiger partial charge in [-0.3, -0.25) is 4.79 Å². The van der Waals surface area contributed by atoms with Crippen LogP contribution in [-0.2, 0) is 11.3 Å². The number of anilines is 1. The smallest absolute Gasteiger partial charge is 0.239 e. The van der Waals surface area contributed by atoms with Crippen LogP contribution in [0.4, 0.5) is 5.69 Å². The fraction of sp³-hybridized carbons (Fsp3) is 0.267. The van der Waals surface area contributed by atoms with Crippen LogP contribution in [0.2, 0.25) is 0 Å². The lowest BCUT2D eigenvalue weighted by Gasteiger charge is -2.21. The molecule has 1 amide bonds. The minimum absolute atomic E-state index is 0.00759. The number of hydrogen-bond acceptors (Lipinski definition) is 4. The van der Waals surface area contributed by atoms with Gasteiger partial charge in [-0.25, -0.2) is 0 Å². The predicted molar refractivity (Wildman–Crippen MR) is 82.4 cm³/mol. The van der Waals surface area contributed by atoms with Gasteiger partial charge in [0.05, 0.1) is 25.9 Å². The zero-order valence-corrected chi connectivity index (χ0v) is 12.4. The van der Waals surface area contributed by atoms with Crippen molar-refractivity contribution >= 4 is 22.9 Å². The number of ether oxygens (including phenoxy) is 1. The van der Waals surface area contributed by atoms with Crippen molar-refractivity contribution in [2.45, 2.75) is 6.54 Å². The summed E-state index contributed by atoms with van der Waals surface area (Å²) < 4.78 is 5.30. The Labute approximate surface area is 123 Å². The molecule has 0 atom stereocenters. The summed E-state index contributed by atoms with van der Waals surface area (Å²) >= 11 is 1.64. The van der Waals surface area contributed by atoms with Crippen molar-refractivity contribution in [3.8, 4) is 5.75 Å². The second kappa shape index (κ2) is 6.96. The molecule has 1 aromatic carbocycles. The molecule has 1 aromatic heterocycles. The number of thiophene rings is 1. The molecule has 1 heterocycles. The van der Waals surface area contributed by atoms with Crippen LogP contribution in [-0.4, -0.2) is 26.6 Å². The first-order valence-electron chi connectivity index (χ1n) is 6.34. The van der Waals surface area contributed by atoms with Crippen LogP contribution in [0, 0.1) is 0 Å². The van der Waals surface area contributed by atoms with E-state index in [4.69, 9.17) is 4.74 Å². The Bertz CT molecular complexity index is 555. The molecule has 20 heavy (non-hydrogen) atoms. The Morgan fingerprint density at radius 3 is 2.80 bits per heavy atom. The van der Waals surface area contributed by atoms with Gasteiger partial charge in [0.25, 0.3) is 0 Å². The minimum Gasteiger partial charge on any atom is -0.495 e. The summed E-state index contributed by atoms with van der Waals surface area (Å²) in [5.74, 6) is 0.757. The van der Waals surface area contributed by atoms with Gasteiger partial charge in [-0.15, -0.1) is 11.3 Å². The van der Waals surface area contributed by atoms with Gasteiger partial charge < -0.3 is 15.0 Å². The molecule has 0 unspecified atom stereocenters. The molecule has 2 aromatic rings. The molecule has 106 valence electrons. The van der Waals surface area contributed by atoms with Crippen molar-refractivity contribution in [3.63, 3.8) is 0 Å². The molecule has 4 nitrogen and oxygen atoms in total. The van der Waals surface area contributed by atoms with E-state index < -0.39 is 0 Å². The van der Waals surface area contributed by atoms with Gasteiger partial charge >= 0.3 is 0 Å². The molecule has 0 bridgehead atoms. The second-order valence-electron chi connectivity index (χ2n) is 4.38. The molecule has 0 saturated heterocycles. The fourth-order valence-electron chi connectivity index (χ4n) is 1.90. The van der Waals surface area contributed by atoms with E-state index in [1.165, 1.54) is 0 Å². The Kier molecular flexibility index (Phi) is 5.01. The van der Waals surface area contributed by atoms with Gasteiger partial charge in [0.2, 0.25) is 5.91 Å². The van der Waals surface area contributed by atoms with Crippen molar-refractivity contribution < 1.29 is 9.53 Å². The summed E-state index contributed by atoms with van der Waals surface area (Å²) in [7, 11) is 3.51. The summed E-state index contributed by atoms with van der Waals surface area (Å²) in [6, 6.07) is 11.6. The molecule has 5 heteroatoms. The van der Waals surface area contributed by atoms with Crippen LogP contribution in [0.25, 0.3) is 0 Å². The molecule has 0 fully saturated rings. The number of carbonyl (C=O) groups is 1. The maximum atomic E-state index is 11.9. The fourth-order valence-corrected chi connectivity index (χ4v) is 2.55. The molecule has 0 aliphatic carbocycles. The van der Waals surface area contributed by atoms with Crippen molar-refractivity contribution in [1.29, 1.82) is 0 Å². The van der Waals surface area contributed by atoms with Gasteiger partial charge in [-0.05, 0) is 23.6 Å². The Balaban J connectivity index is 1.90. The number of likely N-dealkylation sites (N-methyl/N-ethyl adjacent to an activating group) is 1. The SMILES string of the molecule is COc1ccccc1N(C)CC(=O)NCc1cccs1. The number of hydrogen-bond donors (Lipinski definition) is 1. The van der Waals surface area contributed by atoms with Crippen molar-refractivity contribution in [2.24, 2.45) is 0 Å². The molecule has 0 spiro atoms. The molecule has 0 radical (unpaired) electrons. The van der Waals surface area contributed by atoms with Crippen LogP contribution >= 0.6 is 11.3 Å². The van der Waals surface area contributed by atoms with E-state index in [1.54, 1.807) is 18.4 Å². The summed E-state index contributed by atoms with van der Waals surface area (Å²) in [5.41, 5.74) is 0.904. The minimum atomic E-state index is -0.00759. The van der Waals surface area contributed by atoms with Gasteiger partial charge in [-0.1, -0.05) is 18.2 Å². The number of para-hydroxylation sites is 2. The number of nitrogens with zero attached hydrogens (tertiary/aromatic N) is 1. The first kappa shape index (κ1) is 14.4. The third-order valence-electron chi connectivity index (χ3n) is 2.92. The highest BCUT2D eigenvalue weighted by atomic mass is 32.1. The third kappa shape index (κ3) is 3.74. The van der Waals surface area contributed by atoms with Crippen molar-refractivity contribution in [3.05, 3.63) is 46.7 Å². The van der Waals surface area contributed by atoms with E-state index in [2.05, 4.69) is 5.32 Å². The summed E-state index contributed by atoms with van der Waals surface area (Å²) in [6.07, 6.45) is 0. The maximum Gasteiger partial charge on any atom is 0.239 e. The van der Waals surface area contributed by atoms with Gasteiger partial charge in [0.15, 0.2) is 0 Å². The van der Waals surface area contributed by atoms with E-state index in [0.29, 0.717) is 13.1 Å². The lowest BCUT2D eigenvalue weighted by atomic mass is 10.2. The van der Waals surface area contributed by atoms with E-state index in [9.17, 15) is 4.79 Å². The molecular weight excluding hydrogens is 272 g/mol. The highest BCUT2D eigenvalue weighted by Crippen LogP contribution is 2.26. The van der Waals surface area contributed by atoms with Crippen molar-refractivity contribution in [1.82, 2.24) is 5.32 Å². The van der Waals surface area contributed by atoms with Crippen LogP contribution in [0.1, 0.15) is 4.88 Å². The lowest BCUT2D eigenvalue weighted by molar-refractivity contribution is -0.119. The molecular formula is C15H18N2O2S. The van der Waals surface area contributed by atoms with Gasteiger partial charge in [0.1, 0.15) is 5.75 Å². The van der Waals surface area contributed by atoms with E-state index in [1.807, 2.05) is 53.7 Å². The molecule has 2 rings (SSSR count). The average Bonchev–Trinajstić information content (AvgIpc) is 2.98.